The highest BCUT2D eigenvalue weighted by molar-refractivity contribution is 7.17. The molecule has 104 valence electrons. The van der Waals surface area contributed by atoms with Crippen molar-refractivity contribution in [3.05, 3.63) is 45.3 Å². The van der Waals surface area contributed by atoms with Crippen molar-refractivity contribution in [3.63, 3.8) is 0 Å². The van der Waals surface area contributed by atoms with Crippen molar-refractivity contribution in [1.82, 2.24) is 0 Å². The third kappa shape index (κ3) is 2.86. The highest BCUT2D eigenvalue weighted by Gasteiger charge is 2.16. The lowest BCUT2D eigenvalue weighted by Gasteiger charge is -2.08. The van der Waals surface area contributed by atoms with Crippen LogP contribution in [0.3, 0.4) is 0 Å². The molecule has 0 aliphatic carbocycles. The summed E-state index contributed by atoms with van der Waals surface area (Å²) in [6, 6.07) is 7.53. The minimum atomic E-state index is -0.540. The van der Waals surface area contributed by atoms with Crippen LogP contribution in [0.1, 0.15) is 9.67 Å². The number of ether oxygens (including phenoxy) is 1. The van der Waals surface area contributed by atoms with Gasteiger partial charge in [0.05, 0.1) is 28.3 Å². The Labute approximate surface area is 118 Å². The van der Waals surface area contributed by atoms with Gasteiger partial charge in [0.25, 0.3) is 5.91 Å². The number of nitro groups is 1. The van der Waals surface area contributed by atoms with Gasteiger partial charge in [0.15, 0.2) is 0 Å². The molecule has 1 heterocycles. The molecule has 0 saturated heterocycles. The number of rotatable bonds is 4. The first-order valence-electron chi connectivity index (χ1n) is 5.50. The average Bonchev–Trinajstić information content (AvgIpc) is 2.91. The van der Waals surface area contributed by atoms with Crippen molar-refractivity contribution < 1.29 is 14.5 Å². The van der Waals surface area contributed by atoms with Crippen LogP contribution >= 0.6 is 11.3 Å². The van der Waals surface area contributed by atoms with Gasteiger partial charge in [-0.3, -0.25) is 14.9 Å². The minimum Gasteiger partial charge on any atom is -0.497 e. The average molecular weight is 293 g/mol. The first kappa shape index (κ1) is 13.8. The van der Waals surface area contributed by atoms with Crippen molar-refractivity contribution >= 4 is 33.6 Å². The lowest BCUT2D eigenvalue weighted by molar-refractivity contribution is -0.380. The molecule has 20 heavy (non-hydrogen) atoms. The molecule has 0 atom stereocenters. The van der Waals surface area contributed by atoms with Gasteiger partial charge in [0.1, 0.15) is 5.75 Å². The number of carbonyl (C=O) groups is 1. The Kier molecular flexibility index (Phi) is 3.85. The zero-order chi connectivity index (χ0) is 14.7. The number of methoxy groups -OCH3 is 1. The van der Waals surface area contributed by atoms with Gasteiger partial charge in [-0.1, -0.05) is 11.3 Å². The highest BCUT2D eigenvalue weighted by Crippen LogP contribution is 2.27. The largest absolute Gasteiger partial charge is 0.497 e. The lowest BCUT2D eigenvalue weighted by Crippen LogP contribution is -2.11. The molecule has 7 nitrogen and oxygen atoms in total. The van der Waals surface area contributed by atoms with E-state index in [1.165, 1.54) is 19.2 Å². The lowest BCUT2D eigenvalue weighted by atomic mass is 10.2. The quantitative estimate of drug-likeness (QED) is 0.511. The molecule has 0 unspecified atom stereocenters. The zero-order valence-corrected chi connectivity index (χ0v) is 11.3. The molecule has 0 spiro atoms. The van der Waals surface area contributed by atoms with Crippen LogP contribution in [0.2, 0.25) is 0 Å². The normalized spacial score (nSPS) is 10.1. The maximum absolute atomic E-state index is 12.0. The summed E-state index contributed by atoms with van der Waals surface area (Å²) in [6.45, 7) is 0. The predicted octanol–water partition coefficient (Wildman–Crippen LogP) is 2.50. The van der Waals surface area contributed by atoms with E-state index in [9.17, 15) is 14.9 Å². The van der Waals surface area contributed by atoms with Crippen LogP contribution < -0.4 is 15.8 Å². The number of carbonyl (C=O) groups excluding carboxylic acids is 1. The number of thiophene rings is 1. The number of hydrogen-bond donors (Lipinski definition) is 2. The monoisotopic (exact) mass is 293 g/mol. The molecule has 3 N–H and O–H groups in total. The molecule has 1 aromatic carbocycles. The van der Waals surface area contributed by atoms with E-state index in [0.29, 0.717) is 17.1 Å². The van der Waals surface area contributed by atoms with E-state index in [2.05, 4.69) is 5.32 Å². The summed E-state index contributed by atoms with van der Waals surface area (Å²) >= 11 is 0.801. The Balaban J connectivity index is 2.20. The van der Waals surface area contributed by atoms with E-state index in [1.807, 2.05) is 0 Å². The molecular weight excluding hydrogens is 282 g/mol. The standard InChI is InChI=1S/C12H11N3O4S/c1-19-7-2-3-8(13)9(6-7)14-12(16)10-4-5-11(20-10)15(17)18/h2-6H,13H2,1H3,(H,14,16). The van der Waals surface area contributed by atoms with Crippen LogP contribution in [0.25, 0.3) is 0 Å². The molecule has 0 aliphatic heterocycles. The minimum absolute atomic E-state index is 0.0891. The maximum Gasteiger partial charge on any atom is 0.324 e. The molecule has 0 radical (unpaired) electrons. The molecule has 2 rings (SSSR count). The van der Waals surface area contributed by atoms with Crippen LogP contribution in [0.5, 0.6) is 5.75 Å². The number of nitrogens with zero attached hydrogens (tertiary/aromatic N) is 1. The molecule has 1 aromatic heterocycles. The van der Waals surface area contributed by atoms with Crippen LogP contribution in [0.15, 0.2) is 30.3 Å². The fourth-order valence-electron chi connectivity index (χ4n) is 1.50. The molecular formula is C12H11N3O4S. The van der Waals surface area contributed by atoms with Crippen LogP contribution in [0.4, 0.5) is 16.4 Å². The number of hydrogen-bond acceptors (Lipinski definition) is 6. The number of benzene rings is 1. The Bertz CT molecular complexity index is 668. The predicted molar refractivity (Wildman–Crippen MR) is 76.3 cm³/mol. The topological polar surface area (TPSA) is 107 Å². The summed E-state index contributed by atoms with van der Waals surface area (Å²) in [6.07, 6.45) is 0. The van der Waals surface area contributed by atoms with Crippen molar-refractivity contribution in [1.29, 1.82) is 0 Å². The molecule has 0 fully saturated rings. The second-order valence-corrected chi connectivity index (χ2v) is 4.86. The van der Waals surface area contributed by atoms with Gasteiger partial charge in [-0.05, 0) is 18.2 Å². The third-order valence-corrected chi connectivity index (χ3v) is 3.54. The molecule has 0 saturated carbocycles. The Morgan fingerprint density at radius 3 is 2.75 bits per heavy atom. The summed E-state index contributed by atoms with van der Waals surface area (Å²) < 4.78 is 5.04. The number of nitrogen functional groups attached to an aromatic ring is 1. The molecule has 2 aromatic rings. The summed E-state index contributed by atoms with van der Waals surface area (Å²) in [5.74, 6) is 0.0923. The first-order valence-corrected chi connectivity index (χ1v) is 6.32. The fraction of sp³-hybridized carbons (Fsp3) is 0.0833. The van der Waals surface area contributed by atoms with Gasteiger partial charge in [-0.15, -0.1) is 0 Å². The van der Waals surface area contributed by atoms with Crippen molar-refractivity contribution in [2.45, 2.75) is 0 Å². The van der Waals surface area contributed by atoms with Gasteiger partial charge >= 0.3 is 5.00 Å². The zero-order valence-electron chi connectivity index (χ0n) is 10.5. The first-order chi connectivity index (χ1) is 9.51. The van der Waals surface area contributed by atoms with Gasteiger partial charge in [-0.2, -0.15) is 0 Å². The molecule has 0 aliphatic rings. The van der Waals surface area contributed by atoms with Gasteiger partial charge in [0.2, 0.25) is 0 Å². The fourth-order valence-corrected chi connectivity index (χ4v) is 2.22. The van der Waals surface area contributed by atoms with E-state index >= 15 is 0 Å². The van der Waals surface area contributed by atoms with E-state index in [1.54, 1.807) is 18.2 Å². The van der Waals surface area contributed by atoms with Crippen molar-refractivity contribution in [3.8, 4) is 5.75 Å². The van der Waals surface area contributed by atoms with Gasteiger partial charge in [0, 0.05) is 12.1 Å². The maximum atomic E-state index is 12.0. The summed E-state index contributed by atoms with van der Waals surface area (Å²) in [4.78, 5) is 22.3. The van der Waals surface area contributed by atoms with Crippen LogP contribution in [-0.2, 0) is 0 Å². The smallest absolute Gasteiger partial charge is 0.324 e. The SMILES string of the molecule is COc1ccc(N)c(NC(=O)c2ccc([N+](=O)[O-])s2)c1. The van der Waals surface area contributed by atoms with Crippen molar-refractivity contribution in [2.24, 2.45) is 0 Å². The molecule has 8 heteroatoms. The van der Waals surface area contributed by atoms with E-state index in [0.717, 1.165) is 11.3 Å². The second-order valence-electron chi connectivity index (χ2n) is 3.80. The summed E-state index contributed by atoms with van der Waals surface area (Å²) in [7, 11) is 1.50. The molecule has 1 amide bonds. The number of amides is 1. The van der Waals surface area contributed by atoms with Gasteiger partial charge in [-0.25, -0.2) is 0 Å². The van der Waals surface area contributed by atoms with Crippen molar-refractivity contribution in [2.75, 3.05) is 18.2 Å². The van der Waals surface area contributed by atoms with Gasteiger partial charge < -0.3 is 15.8 Å². The van der Waals surface area contributed by atoms with E-state index in [-0.39, 0.29) is 9.88 Å². The Morgan fingerprint density at radius 1 is 1.40 bits per heavy atom. The van der Waals surface area contributed by atoms with E-state index < -0.39 is 10.8 Å². The second kappa shape index (κ2) is 5.57. The Hall–Kier alpha value is -2.61. The van der Waals surface area contributed by atoms with Crippen LogP contribution in [0, 0.1) is 10.1 Å². The number of nitrogens with one attached hydrogen (secondary N) is 1. The summed E-state index contributed by atoms with van der Waals surface area (Å²) in [5.41, 5.74) is 6.52. The number of anilines is 2. The Morgan fingerprint density at radius 2 is 2.15 bits per heavy atom. The summed E-state index contributed by atoms with van der Waals surface area (Å²) in [5, 5.41) is 13.1. The third-order valence-electron chi connectivity index (χ3n) is 2.50. The molecule has 0 bridgehead atoms. The van der Waals surface area contributed by atoms with Crippen LogP contribution in [-0.4, -0.2) is 17.9 Å². The highest BCUT2D eigenvalue weighted by atomic mass is 32.1. The van der Waals surface area contributed by atoms with E-state index in [4.69, 9.17) is 10.5 Å². The number of nitrogens with two attached hydrogens (primary N) is 1.